The van der Waals surface area contributed by atoms with Crippen molar-refractivity contribution in [1.82, 2.24) is 0 Å². The van der Waals surface area contributed by atoms with Gasteiger partial charge in [0.1, 0.15) is 14.5 Å². The highest BCUT2D eigenvalue weighted by atomic mass is 79.9. The Morgan fingerprint density at radius 2 is 1.50 bits per heavy atom. The summed E-state index contributed by atoms with van der Waals surface area (Å²) in [5, 5.41) is 9.77. The molecule has 0 aliphatic rings. The molecule has 1 aromatic carbocycles. The van der Waals surface area contributed by atoms with E-state index in [1.807, 2.05) is 0 Å². The van der Waals surface area contributed by atoms with Crippen LogP contribution in [0.25, 0.3) is 0 Å². The van der Waals surface area contributed by atoms with Crippen molar-refractivity contribution >= 4 is 37.6 Å². The molecule has 0 amide bonds. The largest absolute Gasteiger partial charge is 0.505 e. The van der Waals surface area contributed by atoms with Gasteiger partial charge in [-0.3, -0.25) is 4.79 Å². The average Bonchev–Trinajstić information content (AvgIpc) is 2.25. The summed E-state index contributed by atoms with van der Waals surface area (Å²) in [6, 6.07) is 0. The molecule has 0 fully saturated rings. The third kappa shape index (κ3) is 2.04. The molecule has 0 saturated carbocycles. The molecule has 0 atom stereocenters. The fraction of sp³-hybridized carbons (Fsp3) is 0.300. The van der Waals surface area contributed by atoms with Gasteiger partial charge in [-0.05, 0) is 38.8 Å². The minimum Gasteiger partial charge on any atom is -0.505 e. The molecule has 0 bridgehead atoms. The summed E-state index contributed by atoms with van der Waals surface area (Å²) in [5.41, 5.74) is 0.279. The predicted molar refractivity (Wildman–Crippen MR) is 66.6 cm³/mol. The molecule has 0 aliphatic carbocycles. The van der Waals surface area contributed by atoms with E-state index in [-0.39, 0.29) is 28.6 Å². The second-order valence-corrected chi connectivity index (χ2v) is 4.56. The maximum atomic E-state index is 11.5. The van der Waals surface area contributed by atoms with Gasteiger partial charge in [-0.15, -0.1) is 0 Å². The van der Waals surface area contributed by atoms with Crippen molar-refractivity contribution in [2.24, 2.45) is 0 Å². The lowest BCUT2D eigenvalue weighted by Gasteiger charge is -2.15. The Labute approximate surface area is 110 Å². The standard InChI is InChI=1S/C10H10Br2O4/c1-4(13)5-9(15-2)6(11)8(14)7(12)10(5)16-3/h14H,1-3H3. The Kier molecular flexibility index (Phi) is 4.21. The van der Waals surface area contributed by atoms with E-state index >= 15 is 0 Å². The second-order valence-electron chi connectivity index (χ2n) is 2.97. The molecule has 0 spiro atoms. The van der Waals surface area contributed by atoms with Crippen molar-refractivity contribution in [1.29, 1.82) is 0 Å². The number of hydrogen-bond donors (Lipinski definition) is 1. The maximum absolute atomic E-state index is 11.5. The van der Waals surface area contributed by atoms with E-state index in [0.717, 1.165) is 0 Å². The Morgan fingerprint density at radius 1 is 1.12 bits per heavy atom. The number of carbonyl (C=O) groups excluding carboxylic acids is 1. The molecule has 0 aliphatic heterocycles. The summed E-state index contributed by atoms with van der Waals surface area (Å²) in [6.45, 7) is 1.40. The second kappa shape index (κ2) is 5.05. The Morgan fingerprint density at radius 3 is 1.75 bits per heavy atom. The third-order valence-corrected chi connectivity index (χ3v) is 3.50. The first-order valence-corrected chi connectivity index (χ1v) is 5.87. The van der Waals surface area contributed by atoms with E-state index in [4.69, 9.17) is 9.47 Å². The molecule has 16 heavy (non-hydrogen) atoms. The van der Waals surface area contributed by atoms with Gasteiger partial charge in [-0.1, -0.05) is 0 Å². The van der Waals surface area contributed by atoms with Crippen LogP contribution in [0.4, 0.5) is 0 Å². The first-order valence-electron chi connectivity index (χ1n) is 4.28. The van der Waals surface area contributed by atoms with Crippen LogP contribution in [0.15, 0.2) is 8.95 Å². The van der Waals surface area contributed by atoms with E-state index < -0.39 is 0 Å². The van der Waals surface area contributed by atoms with Gasteiger partial charge in [-0.25, -0.2) is 0 Å². The minimum absolute atomic E-state index is 0.0706. The molecule has 4 nitrogen and oxygen atoms in total. The van der Waals surface area contributed by atoms with Crippen LogP contribution in [0.5, 0.6) is 17.2 Å². The van der Waals surface area contributed by atoms with Crippen molar-refractivity contribution in [3.05, 3.63) is 14.5 Å². The molecule has 88 valence electrons. The summed E-state index contributed by atoms with van der Waals surface area (Å²) in [7, 11) is 2.83. The Hall–Kier alpha value is -0.750. The number of phenolic OH excluding ortho intramolecular Hbond substituents is 1. The van der Waals surface area contributed by atoms with Crippen LogP contribution in [0.1, 0.15) is 17.3 Å². The number of halogens is 2. The van der Waals surface area contributed by atoms with Crippen molar-refractivity contribution < 1.29 is 19.4 Å². The van der Waals surface area contributed by atoms with Gasteiger partial charge in [0.2, 0.25) is 0 Å². The molecule has 0 saturated heterocycles. The number of ketones is 1. The molecule has 0 heterocycles. The number of aromatic hydroxyl groups is 1. The first-order chi connectivity index (χ1) is 7.45. The molecule has 0 radical (unpaired) electrons. The monoisotopic (exact) mass is 352 g/mol. The van der Waals surface area contributed by atoms with Gasteiger partial charge in [-0.2, -0.15) is 0 Å². The quantitative estimate of drug-likeness (QED) is 0.848. The van der Waals surface area contributed by atoms with Crippen LogP contribution < -0.4 is 9.47 Å². The van der Waals surface area contributed by atoms with Crippen LogP contribution in [0.3, 0.4) is 0 Å². The lowest BCUT2D eigenvalue weighted by Crippen LogP contribution is -2.03. The fourth-order valence-corrected chi connectivity index (χ4v) is 2.72. The molecule has 6 heteroatoms. The van der Waals surface area contributed by atoms with Gasteiger partial charge in [0.05, 0.1) is 14.2 Å². The zero-order chi connectivity index (χ0) is 12.5. The lowest BCUT2D eigenvalue weighted by molar-refractivity contribution is 0.101. The van der Waals surface area contributed by atoms with E-state index in [1.54, 1.807) is 0 Å². The summed E-state index contributed by atoms with van der Waals surface area (Å²) in [5.74, 6) is 0.226. The lowest BCUT2D eigenvalue weighted by atomic mass is 10.1. The van der Waals surface area contributed by atoms with Gasteiger partial charge >= 0.3 is 0 Å². The predicted octanol–water partition coefficient (Wildman–Crippen LogP) is 3.14. The van der Waals surface area contributed by atoms with Crippen LogP contribution >= 0.6 is 31.9 Å². The van der Waals surface area contributed by atoms with E-state index in [0.29, 0.717) is 8.95 Å². The van der Waals surface area contributed by atoms with Crippen molar-refractivity contribution in [3.8, 4) is 17.2 Å². The molecule has 0 aromatic heterocycles. The Bertz CT molecular complexity index is 412. The van der Waals surface area contributed by atoms with E-state index in [2.05, 4.69) is 31.9 Å². The van der Waals surface area contributed by atoms with E-state index in [1.165, 1.54) is 21.1 Å². The number of rotatable bonds is 3. The zero-order valence-corrected chi connectivity index (χ0v) is 12.1. The zero-order valence-electron chi connectivity index (χ0n) is 8.93. The van der Waals surface area contributed by atoms with Gasteiger partial charge in [0.25, 0.3) is 0 Å². The van der Waals surface area contributed by atoms with Crippen molar-refractivity contribution in [2.75, 3.05) is 14.2 Å². The van der Waals surface area contributed by atoms with Crippen molar-refractivity contribution in [3.63, 3.8) is 0 Å². The molecular weight excluding hydrogens is 344 g/mol. The number of hydrogen-bond acceptors (Lipinski definition) is 4. The summed E-state index contributed by atoms with van der Waals surface area (Å²) in [6.07, 6.45) is 0. The maximum Gasteiger partial charge on any atom is 0.167 e. The van der Waals surface area contributed by atoms with Crippen LogP contribution in [-0.2, 0) is 0 Å². The summed E-state index contributed by atoms with van der Waals surface area (Å²) in [4.78, 5) is 11.5. The third-order valence-electron chi connectivity index (χ3n) is 2.03. The SMILES string of the molecule is COc1c(Br)c(O)c(Br)c(OC)c1C(C)=O. The van der Waals surface area contributed by atoms with E-state index in [9.17, 15) is 9.90 Å². The molecule has 1 aromatic rings. The van der Waals surface area contributed by atoms with Crippen LogP contribution in [0.2, 0.25) is 0 Å². The molecule has 0 unspecified atom stereocenters. The number of Topliss-reactive ketones (excluding diaryl/α,β-unsaturated/α-hetero) is 1. The average molecular weight is 354 g/mol. The van der Waals surface area contributed by atoms with Gasteiger partial charge in [0, 0.05) is 0 Å². The number of carbonyl (C=O) groups is 1. The van der Waals surface area contributed by atoms with Crippen molar-refractivity contribution in [2.45, 2.75) is 6.92 Å². The normalized spacial score (nSPS) is 10.1. The first kappa shape index (κ1) is 13.3. The van der Waals surface area contributed by atoms with Crippen LogP contribution in [-0.4, -0.2) is 25.1 Å². The number of ether oxygens (including phenoxy) is 2. The van der Waals surface area contributed by atoms with Gasteiger partial charge < -0.3 is 14.6 Å². The smallest absolute Gasteiger partial charge is 0.167 e. The minimum atomic E-state index is -0.213. The summed E-state index contributed by atoms with van der Waals surface area (Å²) >= 11 is 6.32. The molecule has 1 N–H and O–H groups in total. The topological polar surface area (TPSA) is 55.8 Å². The van der Waals surface area contributed by atoms with Crippen LogP contribution in [0, 0.1) is 0 Å². The number of methoxy groups -OCH3 is 2. The highest BCUT2D eigenvalue weighted by Gasteiger charge is 2.25. The molecule has 1 rings (SSSR count). The van der Waals surface area contributed by atoms with Gasteiger partial charge in [0.15, 0.2) is 23.0 Å². The highest BCUT2D eigenvalue weighted by Crippen LogP contribution is 2.48. The number of benzene rings is 1. The molecular formula is C10H10Br2O4. The Balaban J connectivity index is 3.73. The summed E-state index contributed by atoms with van der Waals surface area (Å²) < 4.78 is 10.8. The fourth-order valence-electron chi connectivity index (χ4n) is 1.34. The number of phenols is 1. The highest BCUT2D eigenvalue weighted by molar-refractivity contribution is 9.11.